The average molecular weight is 458 g/mol. The quantitative estimate of drug-likeness (QED) is 0.406. The molecule has 7 nitrogen and oxygen atoms in total. The summed E-state index contributed by atoms with van der Waals surface area (Å²) in [7, 11) is 0. The van der Waals surface area contributed by atoms with Crippen molar-refractivity contribution in [3.8, 4) is 5.69 Å². The van der Waals surface area contributed by atoms with E-state index < -0.39 is 35.1 Å². The molecule has 0 fully saturated rings. The first-order valence-electron chi connectivity index (χ1n) is 9.40. The zero-order valence-electron chi connectivity index (χ0n) is 16.6. The molecule has 0 saturated heterocycles. The minimum Gasteiger partial charge on any atom is -0.459 e. The van der Waals surface area contributed by atoms with Crippen LogP contribution in [0.15, 0.2) is 77.5 Å². The Morgan fingerprint density at radius 1 is 0.939 bits per heavy atom. The largest absolute Gasteiger partial charge is 0.459 e. The van der Waals surface area contributed by atoms with Crippen molar-refractivity contribution in [2.75, 3.05) is 10.6 Å². The molecule has 0 aliphatic rings. The van der Waals surface area contributed by atoms with Crippen LogP contribution in [0.1, 0.15) is 26.6 Å². The van der Waals surface area contributed by atoms with Crippen molar-refractivity contribution >= 4 is 23.2 Å². The van der Waals surface area contributed by atoms with Gasteiger partial charge < -0.3 is 15.1 Å². The van der Waals surface area contributed by atoms with E-state index in [1.165, 1.54) is 65.7 Å². The summed E-state index contributed by atoms with van der Waals surface area (Å²) in [6.45, 7) is 0. The van der Waals surface area contributed by atoms with Crippen molar-refractivity contribution in [2.45, 2.75) is 6.18 Å². The lowest BCUT2D eigenvalue weighted by Gasteiger charge is -2.15. The lowest BCUT2D eigenvalue weighted by molar-refractivity contribution is -0.136. The molecule has 2 N–H and O–H groups in total. The van der Waals surface area contributed by atoms with Crippen molar-refractivity contribution in [3.05, 3.63) is 96.0 Å². The Morgan fingerprint density at radius 3 is 2.36 bits per heavy atom. The molecule has 0 radical (unpaired) electrons. The van der Waals surface area contributed by atoms with Gasteiger partial charge in [0.15, 0.2) is 11.5 Å². The number of aromatic nitrogens is 2. The highest BCUT2D eigenvalue weighted by Gasteiger charge is 2.34. The number of nitrogens with zero attached hydrogens (tertiary/aromatic N) is 2. The van der Waals surface area contributed by atoms with E-state index in [9.17, 15) is 27.2 Å². The molecular formula is C22H14F4N4O3. The zero-order chi connectivity index (χ0) is 23.6. The summed E-state index contributed by atoms with van der Waals surface area (Å²) in [4.78, 5) is 24.5. The van der Waals surface area contributed by atoms with Gasteiger partial charge >= 0.3 is 6.18 Å². The summed E-state index contributed by atoms with van der Waals surface area (Å²) in [5.74, 6) is -2.13. The van der Waals surface area contributed by atoms with E-state index in [1.54, 1.807) is 0 Å². The molecule has 4 rings (SSSR count). The van der Waals surface area contributed by atoms with Crippen LogP contribution in [0.4, 0.5) is 28.9 Å². The van der Waals surface area contributed by atoms with Crippen LogP contribution in [-0.4, -0.2) is 21.6 Å². The summed E-state index contributed by atoms with van der Waals surface area (Å²) >= 11 is 0. The van der Waals surface area contributed by atoms with E-state index in [2.05, 4.69) is 15.7 Å². The molecule has 0 bridgehead atoms. The fourth-order valence-electron chi connectivity index (χ4n) is 2.94. The molecule has 2 heterocycles. The third-order valence-electron chi connectivity index (χ3n) is 4.49. The topological polar surface area (TPSA) is 89.2 Å². The number of rotatable bonds is 5. The smallest absolute Gasteiger partial charge is 0.418 e. The van der Waals surface area contributed by atoms with Crippen LogP contribution < -0.4 is 10.6 Å². The summed E-state index contributed by atoms with van der Waals surface area (Å²) in [5.41, 5.74) is -1.50. The van der Waals surface area contributed by atoms with Crippen LogP contribution in [0, 0.1) is 5.82 Å². The van der Waals surface area contributed by atoms with Gasteiger partial charge in [-0.05, 0) is 60.7 Å². The van der Waals surface area contributed by atoms with Crippen molar-refractivity contribution in [2.24, 2.45) is 0 Å². The number of nitrogens with one attached hydrogen (secondary N) is 2. The van der Waals surface area contributed by atoms with Gasteiger partial charge in [0, 0.05) is 11.9 Å². The first kappa shape index (κ1) is 21.8. The number of hydrogen-bond donors (Lipinski definition) is 2. The fourth-order valence-corrected chi connectivity index (χ4v) is 2.94. The molecule has 33 heavy (non-hydrogen) atoms. The van der Waals surface area contributed by atoms with Crippen molar-refractivity contribution in [1.82, 2.24) is 9.78 Å². The van der Waals surface area contributed by atoms with Crippen molar-refractivity contribution < 1.29 is 31.6 Å². The Morgan fingerprint density at radius 2 is 1.70 bits per heavy atom. The van der Waals surface area contributed by atoms with Gasteiger partial charge in [-0.1, -0.05) is 0 Å². The van der Waals surface area contributed by atoms with E-state index in [-0.39, 0.29) is 17.1 Å². The number of amides is 2. The average Bonchev–Trinajstić information content (AvgIpc) is 3.47. The van der Waals surface area contributed by atoms with Gasteiger partial charge in [0.2, 0.25) is 0 Å². The van der Waals surface area contributed by atoms with Crippen molar-refractivity contribution in [1.29, 1.82) is 0 Å². The standard InChI is InChI=1S/C22H14F4N4O3/c23-13-3-6-15(7-4-13)30-10-9-18(29-30)20(31)28-17-8-5-14(12-16(17)22(24,25)26)27-21(32)19-2-1-11-33-19/h1-12H,(H,27,32)(H,28,31). The highest BCUT2D eigenvalue weighted by atomic mass is 19.4. The molecule has 4 aromatic rings. The minimum atomic E-state index is -4.82. The SMILES string of the molecule is O=C(Nc1ccc(NC(=O)c2ccco2)cc1C(F)(F)F)c1ccn(-c2ccc(F)cc2)n1. The molecular weight excluding hydrogens is 444 g/mol. The van der Waals surface area contributed by atoms with Crippen LogP contribution in [0.25, 0.3) is 5.69 Å². The third kappa shape index (κ3) is 4.92. The number of benzene rings is 2. The predicted octanol–water partition coefficient (Wildman–Crippen LogP) is 5.13. The molecule has 168 valence electrons. The van der Waals surface area contributed by atoms with E-state index in [4.69, 9.17) is 4.42 Å². The molecule has 2 aromatic carbocycles. The van der Waals surface area contributed by atoms with Crippen LogP contribution >= 0.6 is 0 Å². The van der Waals surface area contributed by atoms with Crippen LogP contribution in [-0.2, 0) is 6.18 Å². The maximum absolute atomic E-state index is 13.6. The number of carbonyl (C=O) groups is 2. The highest BCUT2D eigenvalue weighted by Crippen LogP contribution is 2.37. The predicted molar refractivity (Wildman–Crippen MR) is 110 cm³/mol. The maximum Gasteiger partial charge on any atom is 0.418 e. The fraction of sp³-hybridized carbons (Fsp3) is 0.0455. The maximum atomic E-state index is 13.6. The van der Waals surface area contributed by atoms with E-state index in [0.29, 0.717) is 11.8 Å². The lowest BCUT2D eigenvalue weighted by Crippen LogP contribution is -2.18. The molecule has 2 amide bonds. The summed E-state index contributed by atoms with van der Waals surface area (Å²) in [6, 6.07) is 12.3. The Kier molecular flexibility index (Phi) is 5.69. The summed E-state index contributed by atoms with van der Waals surface area (Å²) < 4.78 is 60.1. The molecule has 0 saturated carbocycles. The van der Waals surface area contributed by atoms with Gasteiger partial charge in [0.05, 0.1) is 23.2 Å². The Labute approximate surface area is 183 Å². The minimum absolute atomic E-state index is 0.0716. The summed E-state index contributed by atoms with van der Waals surface area (Å²) in [5, 5.41) is 8.51. The van der Waals surface area contributed by atoms with Gasteiger partial charge in [-0.3, -0.25) is 9.59 Å². The number of halogens is 4. The second kappa shape index (κ2) is 8.61. The molecule has 0 unspecified atom stereocenters. The molecule has 0 atom stereocenters. The molecule has 0 spiro atoms. The normalized spacial score (nSPS) is 11.3. The Bertz CT molecular complexity index is 1300. The second-order valence-corrected chi connectivity index (χ2v) is 6.77. The molecule has 0 aliphatic carbocycles. The van der Waals surface area contributed by atoms with Crippen LogP contribution in [0.2, 0.25) is 0 Å². The molecule has 11 heteroatoms. The number of hydrogen-bond acceptors (Lipinski definition) is 4. The molecule has 2 aromatic heterocycles. The molecule has 0 aliphatic heterocycles. The first-order valence-corrected chi connectivity index (χ1v) is 9.40. The third-order valence-corrected chi connectivity index (χ3v) is 4.49. The Hall–Kier alpha value is -4.41. The van der Waals surface area contributed by atoms with Crippen LogP contribution in [0.3, 0.4) is 0 Å². The number of furan rings is 1. The van der Waals surface area contributed by atoms with Gasteiger partial charge in [0.25, 0.3) is 11.8 Å². The van der Waals surface area contributed by atoms with Gasteiger partial charge in [-0.15, -0.1) is 0 Å². The highest BCUT2D eigenvalue weighted by molar-refractivity contribution is 6.04. The lowest BCUT2D eigenvalue weighted by atomic mass is 10.1. The van der Waals surface area contributed by atoms with E-state index in [0.717, 1.165) is 6.07 Å². The van der Waals surface area contributed by atoms with Crippen LogP contribution in [0.5, 0.6) is 0 Å². The monoisotopic (exact) mass is 458 g/mol. The number of carbonyl (C=O) groups excluding carboxylic acids is 2. The van der Waals surface area contributed by atoms with Gasteiger partial charge in [-0.25, -0.2) is 9.07 Å². The second-order valence-electron chi connectivity index (χ2n) is 6.77. The van der Waals surface area contributed by atoms with E-state index >= 15 is 0 Å². The van der Waals surface area contributed by atoms with Gasteiger partial charge in [-0.2, -0.15) is 18.3 Å². The summed E-state index contributed by atoms with van der Waals surface area (Å²) in [6.07, 6.45) is -2.15. The zero-order valence-corrected chi connectivity index (χ0v) is 16.6. The number of alkyl halides is 3. The number of anilines is 2. The first-order chi connectivity index (χ1) is 15.7. The van der Waals surface area contributed by atoms with Gasteiger partial charge in [0.1, 0.15) is 5.82 Å². The van der Waals surface area contributed by atoms with Crippen molar-refractivity contribution in [3.63, 3.8) is 0 Å². The van der Waals surface area contributed by atoms with E-state index in [1.807, 2.05) is 0 Å². The Balaban J connectivity index is 1.55.